The highest BCUT2D eigenvalue weighted by Crippen LogP contribution is 2.44. The summed E-state index contributed by atoms with van der Waals surface area (Å²) >= 11 is 0. The molecule has 0 aliphatic heterocycles. The lowest BCUT2D eigenvalue weighted by Crippen LogP contribution is -2.04. The van der Waals surface area contributed by atoms with Crippen LogP contribution in [0.25, 0.3) is 33.4 Å². The monoisotopic (exact) mass is 456 g/mol. The number of ether oxygens (including phenoxy) is 1. The van der Waals surface area contributed by atoms with Gasteiger partial charge < -0.3 is 9.84 Å². The van der Waals surface area contributed by atoms with Gasteiger partial charge in [-0.3, -0.25) is 0 Å². The van der Waals surface area contributed by atoms with E-state index in [1.807, 2.05) is 24.3 Å². The van der Waals surface area contributed by atoms with Crippen LogP contribution in [0.15, 0.2) is 121 Å². The summed E-state index contributed by atoms with van der Waals surface area (Å²) in [4.78, 5) is 0. The molecular weight excluding hydrogens is 428 g/mol. The van der Waals surface area contributed by atoms with Gasteiger partial charge in [0, 0.05) is 17.0 Å². The van der Waals surface area contributed by atoms with Crippen LogP contribution in [0.4, 0.5) is 0 Å². The second kappa shape index (κ2) is 9.90. The summed E-state index contributed by atoms with van der Waals surface area (Å²) < 4.78 is 6.02. The Morgan fingerprint density at radius 2 is 1.09 bits per heavy atom. The number of aromatic hydroxyl groups is 1. The lowest BCUT2D eigenvalue weighted by Gasteiger charge is -2.23. The fourth-order valence-corrected chi connectivity index (χ4v) is 4.88. The third-order valence-corrected chi connectivity index (χ3v) is 6.60. The zero-order chi connectivity index (χ0) is 24.2. The van der Waals surface area contributed by atoms with E-state index in [4.69, 9.17) is 4.74 Å². The molecule has 0 saturated carbocycles. The molecule has 0 fully saturated rings. The molecule has 0 radical (unpaired) electrons. The van der Waals surface area contributed by atoms with E-state index in [0.717, 1.165) is 33.6 Å². The van der Waals surface area contributed by atoms with E-state index in [1.165, 1.54) is 16.7 Å². The SMILES string of the molecule is COc1c(-c2ccccc2)cccc1C(C)c1cccc(-c2ccccc2)c1-c1ccc(O)cc1. The van der Waals surface area contributed by atoms with E-state index in [1.54, 1.807) is 19.2 Å². The highest BCUT2D eigenvalue weighted by Gasteiger charge is 2.22. The number of hydrogen-bond donors (Lipinski definition) is 1. The Morgan fingerprint density at radius 3 is 1.69 bits per heavy atom. The Hall–Kier alpha value is -4.30. The number of phenolic OH excluding ortho intramolecular Hbond substituents is 1. The van der Waals surface area contributed by atoms with Gasteiger partial charge >= 0.3 is 0 Å². The largest absolute Gasteiger partial charge is 0.508 e. The van der Waals surface area contributed by atoms with Gasteiger partial charge in [-0.05, 0) is 45.5 Å². The Balaban J connectivity index is 1.72. The van der Waals surface area contributed by atoms with E-state index >= 15 is 0 Å². The molecule has 0 bridgehead atoms. The Morgan fingerprint density at radius 1 is 0.543 bits per heavy atom. The molecule has 35 heavy (non-hydrogen) atoms. The van der Waals surface area contributed by atoms with Crippen molar-refractivity contribution < 1.29 is 9.84 Å². The Kier molecular flexibility index (Phi) is 6.36. The minimum atomic E-state index is 0.0704. The van der Waals surface area contributed by atoms with E-state index in [2.05, 4.69) is 91.9 Å². The molecule has 0 saturated heterocycles. The summed E-state index contributed by atoms with van der Waals surface area (Å²) in [6, 6.07) is 41.2. The molecule has 5 rings (SSSR count). The third kappa shape index (κ3) is 4.43. The predicted molar refractivity (Wildman–Crippen MR) is 145 cm³/mol. The van der Waals surface area contributed by atoms with Crippen LogP contribution in [0.5, 0.6) is 11.5 Å². The number of benzene rings is 5. The van der Waals surface area contributed by atoms with E-state index < -0.39 is 0 Å². The van der Waals surface area contributed by atoms with E-state index in [9.17, 15) is 5.11 Å². The molecule has 0 aliphatic carbocycles. The summed E-state index contributed by atoms with van der Waals surface area (Å²) in [5.41, 5.74) is 9.13. The highest BCUT2D eigenvalue weighted by atomic mass is 16.5. The van der Waals surface area contributed by atoms with Crippen molar-refractivity contribution >= 4 is 0 Å². The second-order valence-electron chi connectivity index (χ2n) is 8.70. The first-order valence-electron chi connectivity index (χ1n) is 11.9. The summed E-state index contributed by atoms with van der Waals surface area (Å²) in [7, 11) is 1.75. The maximum Gasteiger partial charge on any atom is 0.130 e. The van der Waals surface area contributed by atoms with Gasteiger partial charge in [0.2, 0.25) is 0 Å². The van der Waals surface area contributed by atoms with Gasteiger partial charge in [0.05, 0.1) is 7.11 Å². The maximum atomic E-state index is 9.94. The number of phenols is 1. The predicted octanol–water partition coefficient (Wildman–Crippen LogP) is 8.55. The van der Waals surface area contributed by atoms with Crippen molar-refractivity contribution in [1.82, 2.24) is 0 Å². The van der Waals surface area contributed by atoms with Crippen molar-refractivity contribution in [2.24, 2.45) is 0 Å². The lowest BCUT2D eigenvalue weighted by molar-refractivity contribution is 0.410. The zero-order valence-electron chi connectivity index (χ0n) is 20.0. The molecule has 0 aromatic heterocycles. The summed E-state index contributed by atoms with van der Waals surface area (Å²) in [5.74, 6) is 1.23. The third-order valence-electron chi connectivity index (χ3n) is 6.60. The number of methoxy groups -OCH3 is 1. The first kappa shape index (κ1) is 22.5. The van der Waals surface area contributed by atoms with Crippen LogP contribution < -0.4 is 4.74 Å². The first-order chi connectivity index (χ1) is 17.2. The van der Waals surface area contributed by atoms with E-state index in [-0.39, 0.29) is 11.7 Å². The summed E-state index contributed by atoms with van der Waals surface area (Å²) in [5, 5.41) is 9.94. The maximum absolute atomic E-state index is 9.94. The standard InChI is InChI=1S/C33H28O2/c1-23(29-16-10-18-31(33(29)35-2)25-13-7-4-8-14-25)28-15-9-17-30(24-11-5-3-6-12-24)32(28)26-19-21-27(34)22-20-26/h3-23,34H,1-2H3. The minimum Gasteiger partial charge on any atom is -0.508 e. The summed E-state index contributed by atoms with van der Waals surface area (Å²) in [6.07, 6.45) is 0. The van der Waals surface area contributed by atoms with Crippen molar-refractivity contribution in [3.05, 3.63) is 132 Å². The molecule has 5 aromatic rings. The van der Waals surface area contributed by atoms with Crippen molar-refractivity contribution in [3.63, 3.8) is 0 Å². The topological polar surface area (TPSA) is 29.5 Å². The van der Waals surface area contributed by atoms with Gasteiger partial charge in [0.1, 0.15) is 11.5 Å². The Bertz CT molecular complexity index is 1420. The smallest absolute Gasteiger partial charge is 0.130 e. The van der Waals surface area contributed by atoms with Gasteiger partial charge in [0.15, 0.2) is 0 Å². The van der Waals surface area contributed by atoms with Crippen molar-refractivity contribution in [2.45, 2.75) is 12.8 Å². The van der Waals surface area contributed by atoms with Crippen LogP contribution in [0, 0.1) is 0 Å². The molecule has 1 atom stereocenters. The molecule has 2 heteroatoms. The van der Waals surface area contributed by atoms with Crippen molar-refractivity contribution in [1.29, 1.82) is 0 Å². The molecule has 172 valence electrons. The molecule has 1 unspecified atom stereocenters. The fourth-order valence-electron chi connectivity index (χ4n) is 4.88. The first-order valence-corrected chi connectivity index (χ1v) is 11.9. The molecule has 1 N–H and O–H groups in total. The number of rotatable bonds is 6. The second-order valence-corrected chi connectivity index (χ2v) is 8.70. The minimum absolute atomic E-state index is 0.0704. The normalized spacial score (nSPS) is 11.7. The quantitative estimate of drug-likeness (QED) is 0.277. The van der Waals surface area contributed by atoms with Gasteiger partial charge in [-0.25, -0.2) is 0 Å². The van der Waals surface area contributed by atoms with Gasteiger partial charge in [-0.15, -0.1) is 0 Å². The molecule has 0 heterocycles. The van der Waals surface area contributed by atoms with E-state index in [0.29, 0.717) is 0 Å². The average Bonchev–Trinajstić information content (AvgIpc) is 2.93. The molecular formula is C33H28O2. The average molecular weight is 457 g/mol. The van der Waals surface area contributed by atoms with Crippen LogP contribution >= 0.6 is 0 Å². The van der Waals surface area contributed by atoms with Gasteiger partial charge in [-0.2, -0.15) is 0 Å². The Labute approximate surface area is 207 Å². The van der Waals surface area contributed by atoms with Gasteiger partial charge in [-0.1, -0.05) is 116 Å². The lowest BCUT2D eigenvalue weighted by atomic mass is 9.82. The molecule has 0 spiro atoms. The zero-order valence-corrected chi connectivity index (χ0v) is 20.0. The summed E-state index contributed by atoms with van der Waals surface area (Å²) in [6.45, 7) is 2.24. The van der Waals surface area contributed by atoms with Crippen LogP contribution in [0.2, 0.25) is 0 Å². The molecule has 0 amide bonds. The number of hydrogen-bond acceptors (Lipinski definition) is 2. The van der Waals surface area contributed by atoms with Crippen LogP contribution in [-0.2, 0) is 0 Å². The van der Waals surface area contributed by atoms with Crippen LogP contribution in [0.3, 0.4) is 0 Å². The van der Waals surface area contributed by atoms with Crippen molar-refractivity contribution in [2.75, 3.05) is 7.11 Å². The van der Waals surface area contributed by atoms with Crippen molar-refractivity contribution in [3.8, 4) is 44.9 Å². The molecule has 0 aliphatic rings. The van der Waals surface area contributed by atoms with Gasteiger partial charge in [0.25, 0.3) is 0 Å². The number of para-hydroxylation sites is 1. The fraction of sp³-hybridized carbons (Fsp3) is 0.0909. The highest BCUT2D eigenvalue weighted by molar-refractivity contribution is 5.87. The van der Waals surface area contributed by atoms with Crippen LogP contribution in [0.1, 0.15) is 24.0 Å². The molecule has 5 aromatic carbocycles. The molecule has 2 nitrogen and oxygen atoms in total. The van der Waals surface area contributed by atoms with Crippen LogP contribution in [-0.4, -0.2) is 12.2 Å².